The van der Waals surface area contributed by atoms with E-state index < -0.39 is 5.79 Å². The number of likely N-dealkylation sites (tertiary alicyclic amines) is 1. The van der Waals surface area contributed by atoms with Gasteiger partial charge in [-0.05, 0) is 31.5 Å². The van der Waals surface area contributed by atoms with E-state index in [2.05, 4.69) is 28.9 Å². The number of fused-ring (bicyclic) bond motifs is 1. The second-order valence-corrected chi connectivity index (χ2v) is 8.00. The first-order valence-corrected chi connectivity index (χ1v) is 10.1. The van der Waals surface area contributed by atoms with Crippen LogP contribution in [0, 0.1) is 6.92 Å². The van der Waals surface area contributed by atoms with Gasteiger partial charge in [-0.1, -0.05) is 17.4 Å². The fraction of sp³-hybridized carbons (Fsp3) is 0.579. The summed E-state index contributed by atoms with van der Waals surface area (Å²) in [7, 11) is 0. The minimum absolute atomic E-state index is 0.104. The third-order valence-corrected chi connectivity index (χ3v) is 6.21. The van der Waals surface area contributed by atoms with Crippen LogP contribution in [-0.2, 0) is 14.3 Å². The van der Waals surface area contributed by atoms with Gasteiger partial charge in [-0.25, -0.2) is 4.98 Å². The zero-order chi connectivity index (χ0) is 18.1. The molecule has 6 nitrogen and oxygen atoms in total. The highest BCUT2D eigenvalue weighted by Gasteiger charge is 2.40. The van der Waals surface area contributed by atoms with Crippen LogP contribution in [0.15, 0.2) is 18.2 Å². The monoisotopic (exact) mass is 375 g/mol. The Morgan fingerprint density at radius 3 is 2.73 bits per heavy atom. The molecule has 2 aromatic rings. The van der Waals surface area contributed by atoms with Crippen LogP contribution in [0.3, 0.4) is 0 Å². The van der Waals surface area contributed by atoms with Crippen molar-refractivity contribution in [1.29, 1.82) is 0 Å². The normalized spacial score (nSPS) is 20.1. The highest BCUT2D eigenvalue weighted by atomic mass is 32.1. The first-order valence-electron chi connectivity index (χ1n) is 9.26. The van der Waals surface area contributed by atoms with Crippen molar-refractivity contribution in [3.05, 3.63) is 23.8 Å². The SMILES string of the molecule is CCN(C(=O)CN1CCC2(CC1)OCCO2)c1nc2ccc(C)cc2s1. The molecule has 140 valence electrons. The molecule has 1 spiro atoms. The number of carbonyl (C=O) groups is 1. The number of carbonyl (C=O) groups excluding carboxylic acids is 1. The van der Waals surface area contributed by atoms with E-state index in [4.69, 9.17) is 9.47 Å². The Labute approximate surface area is 157 Å². The molecule has 0 bridgehead atoms. The highest BCUT2D eigenvalue weighted by Crippen LogP contribution is 2.32. The van der Waals surface area contributed by atoms with E-state index in [1.807, 2.05) is 13.0 Å². The second kappa shape index (κ2) is 7.23. The number of hydrogen-bond acceptors (Lipinski definition) is 6. The topological polar surface area (TPSA) is 54.9 Å². The molecular formula is C19H25N3O3S. The minimum Gasteiger partial charge on any atom is -0.347 e. The van der Waals surface area contributed by atoms with E-state index in [0.717, 1.165) is 41.3 Å². The van der Waals surface area contributed by atoms with Gasteiger partial charge >= 0.3 is 0 Å². The number of anilines is 1. The van der Waals surface area contributed by atoms with Crippen LogP contribution in [0.25, 0.3) is 10.2 Å². The Morgan fingerprint density at radius 2 is 2.04 bits per heavy atom. The number of hydrogen-bond donors (Lipinski definition) is 0. The van der Waals surface area contributed by atoms with E-state index >= 15 is 0 Å². The van der Waals surface area contributed by atoms with Crippen LogP contribution in [0.4, 0.5) is 5.13 Å². The molecule has 7 heteroatoms. The van der Waals surface area contributed by atoms with Gasteiger partial charge in [-0.3, -0.25) is 14.6 Å². The quantitative estimate of drug-likeness (QED) is 0.823. The predicted octanol–water partition coefficient (Wildman–Crippen LogP) is 2.80. The van der Waals surface area contributed by atoms with Crippen LogP contribution in [-0.4, -0.2) is 61.0 Å². The Morgan fingerprint density at radius 1 is 1.31 bits per heavy atom. The molecule has 26 heavy (non-hydrogen) atoms. The van der Waals surface area contributed by atoms with E-state index in [1.54, 1.807) is 16.2 Å². The van der Waals surface area contributed by atoms with Gasteiger partial charge in [-0.15, -0.1) is 0 Å². The molecule has 0 N–H and O–H groups in total. The number of rotatable bonds is 4. The van der Waals surface area contributed by atoms with Crippen molar-refractivity contribution in [3.63, 3.8) is 0 Å². The fourth-order valence-electron chi connectivity index (χ4n) is 3.67. The van der Waals surface area contributed by atoms with E-state index in [9.17, 15) is 4.79 Å². The Bertz CT molecular complexity index is 790. The zero-order valence-corrected chi connectivity index (χ0v) is 16.2. The molecule has 1 amide bonds. The van der Waals surface area contributed by atoms with Crippen LogP contribution in [0.5, 0.6) is 0 Å². The molecule has 3 heterocycles. The van der Waals surface area contributed by atoms with Crippen molar-refractivity contribution >= 4 is 32.6 Å². The molecule has 1 aromatic heterocycles. The average molecular weight is 375 g/mol. The van der Waals surface area contributed by atoms with Gasteiger partial charge < -0.3 is 9.47 Å². The van der Waals surface area contributed by atoms with Crippen molar-refractivity contribution in [2.45, 2.75) is 32.5 Å². The van der Waals surface area contributed by atoms with Crippen molar-refractivity contribution in [3.8, 4) is 0 Å². The molecule has 0 atom stereocenters. The number of nitrogens with zero attached hydrogens (tertiary/aromatic N) is 3. The van der Waals surface area contributed by atoms with Gasteiger partial charge in [0.15, 0.2) is 10.9 Å². The van der Waals surface area contributed by atoms with Crippen LogP contribution in [0.1, 0.15) is 25.3 Å². The molecule has 1 aromatic carbocycles. The van der Waals surface area contributed by atoms with Gasteiger partial charge in [0.05, 0.1) is 30.0 Å². The van der Waals surface area contributed by atoms with Crippen LogP contribution < -0.4 is 4.90 Å². The molecule has 2 aliphatic heterocycles. The molecule has 0 unspecified atom stereocenters. The molecule has 4 rings (SSSR count). The summed E-state index contributed by atoms with van der Waals surface area (Å²) in [5.41, 5.74) is 2.16. The summed E-state index contributed by atoms with van der Waals surface area (Å²) in [5, 5.41) is 0.786. The van der Waals surface area contributed by atoms with Gasteiger partial charge in [-0.2, -0.15) is 0 Å². The molecular weight excluding hydrogens is 350 g/mol. The lowest BCUT2D eigenvalue weighted by molar-refractivity contribution is -0.185. The zero-order valence-electron chi connectivity index (χ0n) is 15.4. The lowest BCUT2D eigenvalue weighted by Gasteiger charge is -2.37. The van der Waals surface area contributed by atoms with Crippen molar-refractivity contribution in [1.82, 2.24) is 9.88 Å². The Balaban J connectivity index is 1.42. The fourth-order valence-corrected chi connectivity index (χ4v) is 4.81. The predicted molar refractivity (Wildman–Crippen MR) is 103 cm³/mol. The maximum absolute atomic E-state index is 12.9. The van der Waals surface area contributed by atoms with Crippen molar-refractivity contribution in [2.75, 3.05) is 44.3 Å². The number of aryl methyl sites for hydroxylation is 1. The third kappa shape index (κ3) is 3.49. The molecule has 2 aliphatic rings. The summed E-state index contributed by atoms with van der Waals surface area (Å²) in [6, 6.07) is 6.20. The van der Waals surface area contributed by atoms with Crippen molar-refractivity contribution in [2.24, 2.45) is 0 Å². The standard InChI is InChI=1S/C19H25N3O3S/c1-3-22(18-20-15-5-4-14(2)12-16(15)26-18)17(23)13-21-8-6-19(7-9-21)24-10-11-25-19/h4-5,12H,3,6-11,13H2,1-2H3. The lowest BCUT2D eigenvalue weighted by Crippen LogP contribution is -2.48. The average Bonchev–Trinajstić information content (AvgIpc) is 3.24. The van der Waals surface area contributed by atoms with Gasteiger partial charge in [0.1, 0.15) is 0 Å². The maximum atomic E-state index is 12.9. The first kappa shape index (κ1) is 17.9. The van der Waals surface area contributed by atoms with Gasteiger partial charge in [0.2, 0.25) is 5.91 Å². The van der Waals surface area contributed by atoms with Gasteiger partial charge in [0.25, 0.3) is 0 Å². The first-order chi connectivity index (χ1) is 12.6. The summed E-state index contributed by atoms with van der Waals surface area (Å²) >= 11 is 1.59. The van der Waals surface area contributed by atoms with E-state index in [1.165, 1.54) is 5.56 Å². The number of aromatic nitrogens is 1. The number of thiazole rings is 1. The Hall–Kier alpha value is -1.54. The number of benzene rings is 1. The molecule has 2 fully saturated rings. The summed E-state index contributed by atoms with van der Waals surface area (Å²) in [6.07, 6.45) is 1.65. The maximum Gasteiger partial charge on any atom is 0.242 e. The largest absolute Gasteiger partial charge is 0.347 e. The number of ether oxygens (including phenoxy) is 2. The van der Waals surface area contributed by atoms with E-state index in [0.29, 0.717) is 26.3 Å². The molecule has 0 radical (unpaired) electrons. The summed E-state index contributed by atoms with van der Waals surface area (Å²) in [5.74, 6) is -0.290. The molecule has 2 saturated heterocycles. The van der Waals surface area contributed by atoms with Crippen molar-refractivity contribution < 1.29 is 14.3 Å². The number of piperidine rings is 1. The minimum atomic E-state index is -0.394. The van der Waals surface area contributed by atoms with Crippen LogP contribution in [0.2, 0.25) is 0 Å². The lowest BCUT2D eigenvalue weighted by atomic mass is 10.0. The number of amides is 1. The summed E-state index contributed by atoms with van der Waals surface area (Å²) < 4.78 is 12.7. The van der Waals surface area contributed by atoms with Gasteiger partial charge in [0, 0.05) is 32.5 Å². The summed E-state index contributed by atoms with van der Waals surface area (Å²) in [4.78, 5) is 21.5. The Kier molecular flexibility index (Phi) is 4.96. The third-order valence-electron chi connectivity index (χ3n) is 5.17. The summed E-state index contributed by atoms with van der Waals surface area (Å²) in [6.45, 7) is 8.12. The molecule has 0 saturated carbocycles. The second-order valence-electron chi connectivity index (χ2n) is 6.99. The number of likely N-dealkylation sites (N-methyl/N-ethyl adjacent to an activating group) is 1. The van der Waals surface area contributed by atoms with Crippen LogP contribution >= 0.6 is 11.3 Å². The highest BCUT2D eigenvalue weighted by molar-refractivity contribution is 7.22. The smallest absolute Gasteiger partial charge is 0.242 e. The van der Waals surface area contributed by atoms with E-state index in [-0.39, 0.29) is 5.91 Å². The molecule has 0 aliphatic carbocycles.